The molecular weight excluding hydrogens is 240 g/mol. The first kappa shape index (κ1) is 13.5. The van der Waals surface area contributed by atoms with Crippen LogP contribution in [0.15, 0.2) is 30.3 Å². The van der Waals surface area contributed by atoms with Crippen LogP contribution in [0.5, 0.6) is 17.2 Å². The van der Waals surface area contributed by atoms with Gasteiger partial charge in [0.05, 0.1) is 6.61 Å². The van der Waals surface area contributed by atoms with E-state index >= 15 is 0 Å². The van der Waals surface area contributed by atoms with Gasteiger partial charge in [-0.05, 0) is 41.5 Å². The Morgan fingerprint density at radius 2 is 1.63 bits per heavy atom. The third-order valence-corrected chi connectivity index (χ3v) is 3.17. The first-order valence-electron chi connectivity index (χ1n) is 6.79. The van der Waals surface area contributed by atoms with Crippen LogP contribution >= 0.6 is 0 Å². The monoisotopic (exact) mass is 260 g/mol. The number of hydrogen-bond donors (Lipinski definition) is 2. The zero-order valence-corrected chi connectivity index (χ0v) is 11.2. The summed E-state index contributed by atoms with van der Waals surface area (Å²) in [5, 5.41) is 20.7. The fourth-order valence-electron chi connectivity index (χ4n) is 2.06. The molecule has 2 rings (SSSR count). The number of rotatable bonds is 6. The van der Waals surface area contributed by atoms with E-state index in [9.17, 15) is 10.2 Å². The molecule has 0 saturated heterocycles. The van der Waals surface area contributed by atoms with Crippen molar-refractivity contribution in [1.29, 1.82) is 0 Å². The third kappa shape index (κ3) is 3.53. The molecule has 3 nitrogen and oxygen atoms in total. The summed E-state index contributed by atoms with van der Waals surface area (Å²) in [4.78, 5) is 0. The predicted octanol–water partition coefficient (Wildman–Crippen LogP) is 4.21. The lowest BCUT2D eigenvalue weighted by atomic mass is 10.1. The van der Waals surface area contributed by atoms with Gasteiger partial charge >= 0.3 is 0 Å². The average molecular weight is 260 g/mol. The van der Waals surface area contributed by atoms with Gasteiger partial charge < -0.3 is 14.9 Å². The summed E-state index contributed by atoms with van der Waals surface area (Å²) < 4.78 is 5.69. The van der Waals surface area contributed by atoms with Crippen LogP contribution in [0.25, 0.3) is 10.8 Å². The number of phenolic OH excluding ortho intramolecular Hbond substituents is 2. The molecule has 0 aliphatic rings. The minimum atomic E-state index is -0.104. The highest BCUT2D eigenvalue weighted by Crippen LogP contribution is 2.31. The van der Waals surface area contributed by atoms with Gasteiger partial charge in [-0.25, -0.2) is 0 Å². The van der Waals surface area contributed by atoms with Gasteiger partial charge in [-0.3, -0.25) is 0 Å². The van der Waals surface area contributed by atoms with Crippen LogP contribution in [0.3, 0.4) is 0 Å². The lowest BCUT2D eigenvalue weighted by Crippen LogP contribution is -1.96. The standard InChI is InChI=1S/C16H20O3/c1-2-3-4-5-8-19-14-7-6-12-10-15(17)16(18)11-13(12)9-14/h6-7,9-11,17-18H,2-5,8H2,1H3. The van der Waals surface area contributed by atoms with Gasteiger partial charge in [0, 0.05) is 0 Å². The summed E-state index contributed by atoms with van der Waals surface area (Å²) in [7, 11) is 0. The van der Waals surface area contributed by atoms with Crippen molar-refractivity contribution in [2.24, 2.45) is 0 Å². The van der Waals surface area contributed by atoms with Crippen LogP contribution in [0.2, 0.25) is 0 Å². The van der Waals surface area contributed by atoms with Crippen molar-refractivity contribution in [2.75, 3.05) is 6.61 Å². The SMILES string of the molecule is CCCCCCOc1ccc2cc(O)c(O)cc2c1. The van der Waals surface area contributed by atoms with Crippen LogP contribution in [-0.2, 0) is 0 Å². The van der Waals surface area contributed by atoms with E-state index in [0.717, 1.165) is 29.5 Å². The molecule has 0 aliphatic heterocycles. The Labute approximate surface area is 113 Å². The predicted molar refractivity (Wildman–Crippen MR) is 76.9 cm³/mol. The quantitative estimate of drug-likeness (QED) is 0.604. The number of hydrogen-bond acceptors (Lipinski definition) is 3. The smallest absolute Gasteiger partial charge is 0.158 e. The Morgan fingerprint density at radius 3 is 2.37 bits per heavy atom. The Kier molecular flexibility index (Phi) is 4.50. The van der Waals surface area contributed by atoms with E-state index in [-0.39, 0.29) is 11.5 Å². The van der Waals surface area contributed by atoms with Gasteiger partial charge in [0.2, 0.25) is 0 Å². The van der Waals surface area contributed by atoms with E-state index < -0.39 is 0 Å². The summed E-state index contributed by atoms with van der Waals surface area (Å²) >= 11 is 0. The lowest BCUT2D eigenvalue weighted by molar-refractivity contribution is 0.305. The number of aromatic hydroxyl groups is 2. The maximum Gasteiger partial charge on any atom is 0.158 e. The second kappa shape index (κ2) is 6.32. The lowest BCUT2D eigenvalue weighted by Gasteiger charge is -2.08. The van der Waals surface area contributed by atoms with Crippen molar-refractivity contribution < 1.29 is 14.9 Å². The molecule has 0 amide bonds. The Hall–Kier alpha value is -1.90. The number of unbranched alkanes of at least 4 members (excludes halogenated alkanes) is 3. The summed E-state index contributed by atoms with van der Waals surface area (Å²) in [6, 6.07) is 8.76. The van der Waals surface area contributed by atoms with Gasteiger partial charge in [-0.1, -0.05) is 32.3 Å². The number of ether oxygens (including phenoxy) is 1. The van der Waals surface area contributed by atoms with Gasteiger partial charge in [0.15, 0.2) is 11.5 Å². The first-order valence-corrected chi connectivity index (χ1v) is 6.79. The molecule has 3 heteroatoms. The largest absolute Gasteiger partial charge is 0.504 e. The maximum absolute atomic E-state index is 9.49. The second-order valence-electron chi connectivity index (χ2n) is 4.76. The molecular formula is C16H20O3. The molecule has 102 valence electrons. The Balaban J connectivity index is 2.03. The second-order valence-corrected chi connectivity index (χ2v) is 4.76. The summed E-state index contributed by atoms with van der Waals surface area (Å²) in [5.74, 6) is 0.599. The molecule has 2 aromatic carbocycles. The highest BCUT2D eigenvalue weighted by Gasteiger charge is 2.03. The van der Waals surface area contributed by atoms with Gasteiger partial charge in [0.25, 0.3) is 0 Å². The van der Waals surface area contributed by atoms with Crippen molar-refractivity contribution in [3.63, 3.8) is 0 Å². The molecule has 0 spiro atoms. The van der Waals surface area contributed by atoms with Crippen molar-refractivity contribution >= 4 is 10.8 Å². The molecule has 0 fully saturated rings. The molecule has 0 saturated carbocycles. The molecule has 0 radical (unpaired) electrons. The van der Waals surface area contributed by atoms with E-state index in [1.54, 1.807) is 12.1 Å². The van der Waals surface area contributed by atoms with Crippen LogP contribution in [-0.4, -0.2) is 16.8 Å². The molecule has 19 heavy (non-hydrogen) atoms. The van der Waals surface area contributed by atoms with E-state index in [0.29, 0.717) is 0 Å². The van der Waals surface area contributed by atoms with Crippen molar-refractivity contribution in [3.8, 4) is 17.2 Å². The molecule has 0 unspecified atom stereocenters. The van der Waals surface area contributed by atoms with Crippen LogP contribution < -0.4 is 4.74 Å². The van der Waals surface area contributed by atoms with Crippen molar-refractivity contribution in [3.05, 3.63) is 30.3 Å². The molecule has 0 bridgehead atoms. The number of fused-ring (bicyclic) bond motifs is 1. The van der Waals surface area contributed by atoms with Crippen LogP contribution in [0.1, 0.15) is 32.6 Å². The molecule has 0 atom stereocenters. The molecule has 2 N–H and O–H groups in total. The number of phenols is 2. The minimum Gasteiger partial charge on any atom is -0.504 e. The van der Waals surface area contributed by atoms with E-state index in [4.69, 9.17) is 4.74 Å². The Bertz CT molecular complexity index is 549. The van der Waals surface area contributed by atoms with Crippen molar-refractivity contribution in [1.82, 2.24) is 0 Å². The summed E-state index contributed by atoms with van der Waals surface area (Å²) in [5.41, 5.74) is 0. The zero-order chi connectivity index (χ0) is 13.7. The fourth-order valence-corrected chi connectivity index (χ4v) is 2.06. The first-order chi connectivity index (χ1) is 9.20. The maximum atomic E-state index is 9.49. The topological polar surface area (TPSA) is 49.7 Å². The third-order valence-electron chi connectivity index (χ3n) is 3.17. The van der Waals surface area contributed by atoms with Gasteiger partial charge in [-0.15, -0.1) is 0 Å². The highest BCUT2D eigenvalue weighted by atomic mass is 16.5. The summed E-state index contributed by atoms with van der Waals surface area (Å²) in [6.07, 6.45) is 4.72. The summed E-state index contributed by atoms with van der Waals surface area (Å²) in [6.45, 7) is 2.90. The normalized spacial score (nSPS) is 10.8. The Morgan fingerprint density at radius 1 is 0.895 bits per heavy atom. The van der Waals surface area contributed by atoms with E-state index in [2.05, 4.69) is 6.92 Å². The van der Waals surface area contributed by atoms with Crippen LogP contribution in [0, 0.1) is 0 Å². The highest BCUT2D eigenvalue weighted by molar-refractivity contribution is 5.87. The number of benzene rings is 2. The van der Waals surface area contributed by atoms with E-state index in [1.807, 2.05) is 18.2 Å². The van der Waals surface area contributed by atoms with E-state index in [1.165, 1.54) is 19.3 Å². The molecule has 0 heterocycles. The van der Waals surface area contributed by atoms with Gasteiger partial charge in [0.1, 0.15) is 5.75 Å². The average Bonchev–Trinajstić information content (AvgIpc) is 2.40. The minimum absolute atomic E-state index is 0.0965. The fraction of sp³-hybridized carbons (Fsp3) is 0.375. The van der Waals surface area contributed by atoms with Crippen LogP contribution in [0.4, 0.5) is 0 Å². The molecule has 2 aromatic rings. The van der Waals surface area contributed by atoms with Crippen molar-refractivity contribution in [2.45, 2.75) is 32.6 Å². The molecule has 0 aromatic heterocycles. The molecule has 0 aliphatic carbocycles. The zero-order valence-electron chi connectivity index (χ0n) is 11.2. The van der Waals surface area contributed by atoms with Gasteiger partial charge in [-0.2, -0.15) is 0 Å².